The molecule has 1 unspecified atom stereocenters. The summed E-state index contributed by atoms with van der Waals surface area (Å²) in [5.41, 5.74) is 2.45. The molecule has 1 N–H and O–H groups in total. The molecule has 1 atom stereocenters. The van der Waals surface area contributed by atoms with Crippen molar-refractivity contribution in [1.82, 2.24) is 5.32 Å². The van der Waals surface area contributed by atoms with Gasteiger partial charge in [-0.2, -0.15) is 0 Å². The van der Waals surface area contributed by atoms with E-state index in [9.17, 15) is 0 Å². The maximum Gasteiger partial charge on any atom is 0.126 e. The van der Waals surface area contributed by atoms with Gasteiger partial charge in [-0.1, -0.05) is 6.92 Å². The van der Waals surface area contributed by atoms with E-state index in [4.69, 9.17) is 14.2 Å². The number of benzene rings is 1. The first-order chi connectivity index (χ1) is 8.80. The minimum Gasteiger partial charge on any atom is -0.497 e. The molecule has 4 heteroatoms. The maximum absolute atomic E-state index is 5.66. The lowest BCUT2D eigenvalue weighted by Gasteiger charge is -2.20. The van der Waals surface area contributed by atoms with Crippen molar-refractivity contribution in [1.29, 1.82) is 0 Å². The molecule has 0 aliphatic carbocycles. The lowest BCUT2D eigenvalue weighted by Crippen LogP contribution is -2.25. The van der Waals surface area contributed by atoms with Crippen molar-refractivity contribution >= 4 is 0 Å². The minimum atomic E-state index is 0.205. The van der Waals surface area contributed by atoms with Crippen molar-refractivity contribution in [2.24, 2.45) is 0 Å². The van der Waals surface area contributed by atoms with Crippen LogP contribution in [0.15, 0.2) is 12.1 Å². The largest absolute Gasteiger partial charge is 0.497 e. The fraction of sp³-hybridized carbons (Fsp3) is 0.571. The van der Waals surface area contributed by atoms with E-state index in [2.05, 4.69) is 18.3 Å². The Kier molecular flexibility index (Phi) is 4.44. The predicted molar refractivity (Wildman–Crippen MR) is 70.5 cm³/mol. The van der Waals surface area contributed by atoms with E-state index in [1.807, 2.05) is 6.07 Å². The standard InChI is InChI=1S/C14H21NO3/c1-4-15-13-9-18-6-5-11-12(13)7-10(16-2)8-14(11)17-3/h7-8,13,15H,4-6,9H2,1-3H3. The first-order valence-electron chi connectivity index (χ1n) is 6.36. The Hall–Kier alpha value is -1.26. The highest BCUT2D eigenvalue weighted by atomic mass is 16.5. The van der Waals surface area contributed by atoms with E-state index in [0.717, 1.165) is 31.1 Å². The molecule has 0 radical (unpaired) electrons. The van der Waals surface area contributed by atoms with Gasteiger partial charge in [0.2, 0.25) is 0 Å². The van der Waals surface area contributed by atoms with Crippen LogP contribution in [0.25, 0.3) is 0 Å². The highest BCUT2D eigenvalue weighted by molar-refractivity contribution is 5.48. The summed E-state index contributed by atoms with van der Waals surface area (Å²) in [6.07, 6.45) is 0.879. The quantitative estimate of drug-likeness (QED) is 0.887. The van der Waals surface area contributed by atoms with Crippen LogP contribution in [0.5, 0.6) is 11.5 Å². The number of rotatable bonds is 4. The second-order valence-corrected chi connectivity index (χ2v) is 4.33. The van der Waals surface area contributed by atoms with Gasteiger partial charge in [-0.25, -0.2) is 0 Å². The molecule has 0 spiro atoms. The highest BCUT2D eigenvalue weighted by Crippen LogP contribution is 2.34. The molecule has 0 aromatic heterocycles. The molecular weight excluding hydrogens is 230 g/mol. The molecule has 0 fully saturated rings. The van der Waals surface area contributed by atoms with Crippen LogP contribution in [0.3, 0.4) is 0 Å². The number of methoxy groups -OCH3 is 2. The van der Waals surface area contributed by atoms with Crippen LogP contribution in [0.4, 0.5) is 0 Å². The third kappa shape index (κ3) is 2.60. The molecule has 1 aliphatic heterocycles. The number of ether oxygens (including phenoxy) is 3. The van der Waals surface area contributed by atoms with Crippen LogP contribution in [-0.4, -0.2) is 34.0 Å². The van der Waals surface area contributed by atoms with Crippen molar-refractivity contribution in [3.05, 3.63) is 23.3 Å². The second kappa shape index (κ2) is 6.07. The predicted octanol–water partition coefficient (Wildman–Crippen LogP) is 1.93. The van der Waals surface area contributed by atoms with Crippen LogP contribution in [0, 0.1) is 0 Å². The molecule has 1 heterocycles. The number of hydrogen-bond acceptors (Lipinski definition) is 4. The van der Waals surface area contributed by atoms with Gasteiger partial charge in [-0.3, -0.25) is 0 Å². The van der Waals surface area contributed by atoms with Gasteiger partial charge in [-0.05, 0) is 24.6 Å². The van der Waals surface area contributed by atoms with Crippen molar-refractivity contribution in [2.75, 3.05) is 34.0 Å². The molecule has 0 saturated heterocycles. The SMILES string of the molecule is CCNC1COCCc2c(OC)cc(OC)cc21. The van der Waals surface area contributed by atoms with E-state index in [1.165, 1.54) is 11.1 Å². The van der Waals surface area contributed by atoms with Crippen LogP contribution in [0.1, 0.15) is 24.1 Å². The Morgan fingerprint density at radius 2 is 2.17 bits per heavy atom. The van der Waals surface area contributed by atoms with Crippen LogP contribution >= 0.6 is 0 Å². The third-order valence-corrected chi connectivity index (χ3v) is 3.28. The summed E-state index contributed by atoms with van der Waals surface area (Å²) < 4.78 is 16.5. The van der Waals surface area contributed by atoms with E-state index in [1.54, 1.807) is 14.2 Å². The first-order valence-corrected chi connectivity index (χ1v) is 6.36. The fourth-order valence-electron chi connectivity index (χ4n) is 2.40. The lowest BCUT2D eigenvalue weighted by molar-refractivity contribution is 0.122. The van der Waals surface area contributed by atoms with E-state index in [0.29, 0.717) is 6.61 Å². The summed E-state index contributed by atoms with van der Waals surface area (Å²) in [6.45, 7) is 4.43. The zero-order valence-corrected chi connectivity index (χ0v) is 11.3. The Morgan fingerprint density at radius 1 is 1.33 bits per heavy atom. The molecular formula is C14H21NO3. The van der Waals surface area contributed by atoms with Gasteiger partial charge in [0.25, 0.3) is 0 Å². The van der Waals surface area contributed by atoms with Gasteiger partial charge in [-0.15, -0.1) is 0 Å². The molecule has 1 aromatic carbocycles. The van der Waals surface area contributed by atoms with Gasteiger partial charge in [0.1, 0.15) is 11.5 Å². The zero-order valence-electron chi connectivity index (χ0n) is 11.3. The molecule has 100 valence electrons. The Bertz CT molecular complexity index is 406. The number of nitrogens with one attached hydrogen (secondary N) is 1. The summed E-state index contributed by atoms with van der Waals surface area (Å²) in [4.78, 5) is 0. The molecule has 0 bridgehead atoms. The number of likely N-dealkylation sites (N-methyl/N-ethyl adjacent to an activating group) is 1. The molecule has 4 nitrogen and oxygen atoms in total. The average Bonchev–Trinajstić information content (AvgIpc) is 2.61. The molecule has 1 aromatic rings. The molecule has 0 amide bonds. The molecule has 2 rings (SSSR count). The number of fused-ring (bicyclic) bond motifs is 1. The topological polar surface area (TPSA) is 39.7 Å². The van der Waals surface area contributed by atoms with Crippen LogP contribution in [0.2, 0.25) is 0 Å². The third-order valence-electron chi connectivity index (χ3n) is 3.28. The van der Waals surface area contributed by atoms with Gasteiger partial charge in [0.05, 0.1) is 33.5 Å². The van der Waals surface area contributed by atoms with Crippen LogP contribution < -0.4 is 14.8 Å². The first kappa shape index (κ1) is 13.2. The summed E-state index contributed by atoms with van der Waals surface area (Å²) in [5.74, 6) is 1.72. The monoisotopic (exact) mass is 251 g/mol. The van der Waals surface area contributed by atoms with Crippen LogP contribution in [-0.2, 0) is 11.2 Å². The van der Waals surface area contributed by atoms with Crippen molar-refractivity contribution in [2.45, 2.75) is 19.4 Å². The Labute approximate surface area is 108 Å². The van der Waals surface area contributed by atoms with Crippen molar-refractivity contribution in [3.63, 3.8) is 0 Å². The van der Waals surface area contributed by atoms with Gasteiger partial charge in [0, 0.05) is 11.6 Å². The molecule has 0 saturated carbocycles. The second-order valence-electron chi connectivity index (χ2n) is 4.33. The summed E-state index contributed by atoms with van der Waals surface area (Å²) in [6, 6.07) is 4.23. The maximum atomic E-state index is 5.66. The Balaban J connectivity index is 2.46. The normalized spacial score (nSPS) is 18.9. The smallest absolute Gasteiger partial charge is 0.126 e. The number of hydrogen-bond donors (Lipinski definition) is 1. The summed E-state index contributed by atoms with van der Waals surface area (Å²) in [7, 11) is 3.37. The van der Waals surface area contributed by atoms with Gasteiger partial charge >= 0.3 is 0 Å². The van der Waals surface area contributed by atoms with E-state index < -0.39 is 0 Å². The minimum absolute atomic E-state index is 0.205. The van der Waals surface area contributed by atoms with Gasteiger partial charge < -0.3 is 19.5 Å². The van der Waals surface area contributed by atoms with E-state index >= 15 is 0 Å². The Morgan fingerprint density at radius 3 is 2.83 bits per heavy atom. The van der Waals surface area contributed by atoms with Gasteiger partial charge in [0.15, 0.2) is 0 Å². The summed E-state index contributed by atoms with van der Waals surface area (Å²) in [5, 5.41) is 3.45. The van der Waals surface area contributed by atoms with Crippen molar-refractivity contribution < 1.29 is 14.2 Å². The zero-order chi connectivity index (χ0) is 13.0. The van der Waals surface area contributed by atoms with E-state index in [-0.39, 0.29) is 6.04 Å². The van der Waals surface area contributed by atoms with Crippen molar-refractivity contribution in [3.8, 4) is 11.5 Å². The lowest BCUT2D eigenvalue weighted by atomic mass is 9.98. The summed E-state index contributed by atoms with van der Waals surface area (Å²) >= 11 is 0. The average molecular weight is 251 g/mol. The molecule has 1 aliphatic rings. The highest BCUT2D eigenvalue weighted by Gasteiger charge is 2.22. The fourth-order valence-corrected chi connectivity index (χ4v) is 2.40. The molecule has 18 heavy (non-hydrogen) atoms.